The van der Waals surface area contributed by atoms with Gasteiger partial charge in [0.05, 0.1) is 17.0 Å². The summed E-state index contributed by atoms with van der Waals surface area (Å²) in [5.41, 5.74) is 5.55. The molecule has 20 heavy (non-hydrogen) atoms. The molecular weight excluding hydrogens is 287 g/mol. The van der Waals surface area contributed by atoms with Gasteiger partial charge < -0.3 is 11.1 Å². The first-order valence-electron chi connectivity index (χ1n) is 5.38. The normalized spacial score (nSPS) is 10.2. The Kier molecular flexibility index (Phi) is 3.89. The van der Waals surface area contributed by atoms with Gasteiger partial charge in [0, 0.05) is 17.1 Å². The van der Waals surface area contributed by atoms with Crippen LogP contribution in [0.15, 0.2) is 23.8 Å². The molecule has 9 heteroatoms. The number of nitro benzene ring substituents is 1. The van der Waals surface area contributed by atoms with Crippen molar-refractivity contribution >= 4 is 28.6 Å². The van der Waals surface area contributed by atoms with Gasteiger partial charge in [-0.25, -0.2) is 4.39 Å². The van der Waals surface area contributed by atoms with Gasteiger partial charge in [0.25, 0.3) is 11.6 Å². The molecular formula is C11H9FN4O3S. The molecule has 0 aliphatic heterocycles. The van der Waals surface area contributed by atoms with Gasteiger partial charge in [-0.1, -0.05) is 0 Å². The number of rotatable bonds is 4. The Morgan fingerprint density at radius 3 is 2.90 bits per heavy atom. The summed E-state index contributed by atoms with van der Waals surface area (Å²) in [7, 11) is 0. The van der Waals surface area contributed by atoms with E-state index in [2.05, 4.69) is 10.3 Å². The maximum Gasteiger partial charge on any atom is 0.293 e. The number of nitro groups is 1. The largest absolute Gasteiger partial charge is 0.392 e. The van der Waals surface area contributed by atoms with Crippen LogP contribution < -0.4 is 11.1 Å². The molecule has 2 rings (SSSR count). The third-order valence-corrected chi connectivity index (χ3v) is 3.28. The first-order valence-corrected chi connectivity index (χ1v) is 6.26. The van der Waals surface area contributed by atoms with Crippen LogP contribution in [0.2, 0.25) is 0 Å². The number of nitrogens with one attached hydrogen (secondary N) is 1. The molecule has 0 spiro atoms. The number of hydrogen-bond acceptors (Lipinski definition) is 6. The summed E-state index contributed by atoms with van der Waals surface area (Å²) in [6.45, 7) is 0.144. The zero-order valence-corrected chi connectivity index (χ0v) is 10.8. The van der Waals surface area contributed by atoms with E-state index in [-0.39, 0.29) is 6.54 Å². The van der Waals surface area contributed by atoms with E-state index in [9.17, 15) is 19.3 Å². The molecule has 1 amide bonds. The van der Waals surface area contributed by atoms with Crippen molar-refractivity contribution in [3.05, 3.63) is 50.2 Å². The van der Waals surface area contributed by atoms with Gasteiger partial charge in [0.2, 0.25) is 0 Å². The number of nitrogen functional groups attached to an aromatic ring is 1. The predicted octanol–water partition coefficient (Wildman–Crippen LogP) is 1.70. The molecule has 0 atom stereocenters. The van der Waals surface area contributed by atoms with Crippen LogP contribution in [0, 0.1) is 15.9 Å². The second-order valence-electron chi connectivity index (χ2n) is 3.76. The standard InChI is InChI=1S/C11H9FN4O3S/c12-7-1-2-8(16(18)19)10(13)9(7)11(17)15-4-6-3-14-5-20-6/h1-3,5H,4,13H2,(H,15,17). The fourth-order valence-corrected chi connectivity index (χ4v) is 2.09. The lowest BCUT2D eigenvalue weighted by molar-refractivity contribution is -0.384. The van der Waals surface area contributed by atoms with Crippen LogP contribution in [-0.4, -0.2) is 15.8 Å². The number of hydrogen-bond donors (Lipinski definition) is 2. The molecule has 1 aromatic heterocycles. The summed E-state index contributed by atoms with van der Waals surface area (Å²) < 4.78 is 13.6. The molecule has 0 bridgehead atoms. The van der Waals surface area contributed by atoms with Crippen LogP contribution in [0.25, 0.3) is 0 Å². The van der Waals surface area contributed by atoms with E-state index in [0.717, 1.165) is 17.0 Å². The van der Waals surface area contributed by atoms with Crippen molar-refractivity contribution in [3.8, 4) is 0 Å². The number of anilines is 1. The Balaban J connectivity index is 2.25. The number of nitrogens with two attached hydrogens (primary N) is 1. The quantitative estimate of drug-likeness (QED) is 0.506. The fraction of sp³-hybridized carbons (Fsp3) is 0.0909. The van der Waals surface area contributed by atoms with Gasteiger partial charge in [-0.05, 0) is 6.07 Å². The maximum absolute atomic E-state index is 13.6. The minimum atomic E-state index is -0.907. The van der Waals surface area contributed by atoms with Crippen LogP contribution >= 0.6 is 11.3 Å². The lowest BCUT2D eigenvalue weighted by Gasteiger charge is -2.08. The summed E-state index contributed by atoms with van der Waals surface area (Å²) >= 11 is 1.32. The third kappa shape index (κ3) is 2.72. The Bertz CT molecular complexity index is 660. The van der Waals surface area contributed by atoms with Gasteiger partial charge in [-0.15, -0.1) is 11.3 Å². The molecule has 0 saturated carbocycles. The van der Waals surface area contributed by atoms with Crippen molar-refractivity contribution < 1.29 is 14.1 Å². The second-order valence-corrected chi connectivity index (χ2v) is 4.73. The molecule has 7 nitrogen and oxygen atoms in total. The van der Waals surface area contributed by atoms with Crippen molar-refractivity contribution in [1.29, 1.82) is 0 Å². The monoisotopic (exact) mass is 296 g/mol. The minimum Gasteiger partial charge on any atom is -0.392 e. The molecule has 0 fully saturated rings. The van der Waals surface area contributed by atoms with Crippen molar-refractivity contribution in [3.63, 3.8) is 0 Å². The molecule has 0 radical (unpaired) electrons. The van der Waals surface area contributed by atoms with Crippen LogP contribution in [0.4, 0.5) is 15.8 Å². The number of carbonyl (C=O) groups is 1. The lowest BCUT2D eigenvalue weighted by atomic mass is 10.1. The topological polar surface area (TPSA) is 111 Å². The van der Waals surface area contributed by atoms with E-state index in [1.54, 1.807) is 11.7 Å². The minimum absolute atomic E-state index is 0.144. The molecule has 0 unspecified atom stereocenters. The Hall–Kier alpha value is -2.55. The number of halogens is 1. The van der Waals surface area contributed by atoms with Crippen LogP contribution in [-0.2, 0) is 6.54 Å². The summed E-state index contributed by atoms with van der Waals surface area (Å²) in [5, 5.41) is 13.2. The van der Waals surface area contributed by atoms with E-state index in [1.165, 1.54) is 11.3 Å². The van der Waals surface area contributed by atoms with Gasteiger partial charge >= 0.3 is 0 Å². The Labute approximate surface area is 116 Å². The SMILES string of the molecule is Nc1c([N+](=O)[O-])ccc(F)c1C(=O)NCc1cncs1. The molecule has 0 aliphatic rings. The summed E-state index contributed by atoms with van der Waals surface area (Å²) in [5.74, 6) is -1.72. The first-order chi connectivity index (χ1) is 9.50. The number of carbonyl (C=O) groups excluding carboxylic acids is 1. The second kappa shape index (κ2) is 5.61. The first kappa shape index (κ1) is 13.9. The van der Waals surface area contributed by atoms with E-state index in [4.69, 9.17) is 5.73 Å². The summed E-state index contributed by atoms with van der Waals surface area (Å²) in [4.78, 5) is 26.4. The zero-order valence-electron chi connectivity index (χ0n) is 10.00. The predicted molar refractivity (Wildman–Crippen MR) is 70.8 cm³/mol. The van der Waals surface area contributed by atoms with Crippen molar-refractivity contribution in [2.75, 3.05) is 5.73 Å². The number of nitrogens with zero attached hydrogens (tertiary/aromatic N) is 2. The molecule has 3 N–H and O–H groups in total. The molecule has 104 valence electrons. The highest BCUT2D eigenvalue weighted by molar-refractivity contribution is 7.09. The summed E-state index contributed by atoms with van der Waals surface area (Å²) in [6.07, 6.45) is 1.55. The zero-order chi connectivity index (χ0) is 14.7. The van der Waals surface area contributed by atoms with Crippen LogP contribution in [0.3, 0.4) is 0 Å². The highest BCUT2D eigenvalue weighted by Crippen LogP contribution is 2.27. The number of thiazole rings is 1. The van der Waals surface area contributed by atoms with Gasteiger partial charge in [0.1, 0.15) is 17.1 Å². The molecule has 1 aromatic carbocycles. The van der Waals surface area contributed by atoms with Crippen molar-refractivity contribution in [2.24, 2.45) is 0 Å². The molecule has 1 heterocycles. The fourth-order valence-electron chi connectivity index (χ4n) is 1.56. The molecule has 0 aliphatic carbocycles. The van der Waals surface area contributed by atoms with Gasteiger partial charge in [-0.2, -0.15) is 0 Å². The number of aromatic nitrogens is 1. The van der Waals surface area contributed by atoms with E-state index < -0.39 is 33.6 Å². The lowest BCUT2D eigenvalue weighted by Crippen LogP contribution is -2.25. The number of benzene rings is 1. The number of amides is 1. The molecule has 2 aromatic rings. The smallest absolute Gasteiger partial charge is 0.293 e. The average Bonchev–Trinajstić information content (AvgIpc) is 2.89. The average molecular weight is 296 g/mol. The van der Waals surface area contributed by atoms with E-state index >= 15 is 0 Å². The third-order valence-electron chi connectivity index (χ3n) is 2.50. The van der Waals surface area contributed by atoms with Crippen LogP contribution in [0.1, 0.15) is 15.2 Å². The van der Waals surface area contributed by atoms with E-state index in [1.807, 2.05) is 0 Å². The van der Waals surface area contributed by atoms with E-state index in [0.29, 0.717) is 0 Å². The Morgan fingerprint density at radius 2 is 2.30 bits per heavy atom. The maximum atomic E-state index is 13.6. The summed E-state index contributed by atoms with van der Waals surface area (Å²) in [6, 6.07) is 1.76. The highest BCUT2D eigenvalue weighted by Gasteiger charge is 2.23. The van der Waals surface area contributed by atoms with Gasteiger partial charge in [0.15, 0.2) is 0 Å². The highest BCUT2D eigenvalue weighted by atomic mass is 32.1. The van der Waals surface area contributed by atoms with Crippen LogP contribution in [0.5, 0.6) is 0 Å². The van der Waals surface area contributed by atoms with Crippen molar-refractivity contribution in [1.82, 2.24) is 10.3 Å². The van der Waals surface area contributed by atoms with Gasteiger partial charge in [-0.3, -0.25) is 19.9 Å². The molecule has 0 saturated heterocycles. The van der Waals surface area contributed by atoms with Crippen molar-refractivity contribution in [2.45, 2.75) is 6.54 Å². The Morgan fingerprint density at radius 1 is 1.55 bits per heavy atom.